The molecule has 0 aliphatic heterocycles. The van der Waals surface area contributed by atoms with Crippen LogP contribution in [-0.2, 0) is 6.42 Å². The molecule has 0 unspecified atom stereocenters. The lowest BCUT2D eigenvalue weighted by atomic mass is 10.1. The highest BCUT2D eigenvalue weighted by molar-refractivity contribution is 5.92. The second-order valence-corrected chi connectivity index (χ2v) is 4.00. The van der Waals surface area contributed by atoms with Gasteiger partial charge in [-0.1, -0.05) is 12.1 Å². The zero-order chi connectivity index (χ0) is 13.7. The predicted octanol–water partition coefficient (Wildman–Crippen LogP) is 0.936. The summed E-state index contributed by atoms with van der Waals surface area (Å²) in [5.74, 6) is 0.154. The normalized spacial score (nSPS) is 10.1. The molecule has 19 heavy (non-hydrogen) atoms. The van der Waals surface area contributed by atoms with Gasteiger partial charge in [0.2, 0.25) is 5.95 Å². The summed E-state index contributed by atoms with van der Waals surface area (Å²) in [5, 5.41) is 12.2. The third kappa shape index (κ3) is 3.67. The van der Waals surface area contributed by atoms with Crippen molar-refractivity contribution in [2.24, 2.45) is 5.73 Å². The molecule has 4 N–H and O–H groups in total. The Balaban J connectivity index is 1.85. The Kier molecular flexibility index (Phi) is 3.92. The number of anilines is 1. The van der Waals surface area contributed by atoms with Crippen LogP contribution in [0.15, 0.2) is 36.7 Å². The zero-order valence-corrected chi connectivity index (χ0v) is 10.2. The first-order chi connectivity index (χ1) is 9.15. The van der Waals surface area contributed by atoms with Crippen molar-refractivity contribution in [2.75, 3.05) is 11.9 Å². The highest BCUT2D eigenvalue weighted by Gasteiger charge is 2.02. The predicted molar refractivity (Wildman–Crippen MR) is 70.9 cm³/mol. The Morgan fingerprint density at radius 1 is 1.21 bits per heavy atom. The number of amides is 1. The third-order valence-corrected chi connectivity index (χ3v) is 2.57. The molecule has 0 aliphatic carbocycles. The molecule has 1 heterocycles. The largest absolute Gasteiger partial charge is 0.508 e. The fourth-order valence-corrected chi connectivity index (χ4v) is 1.53. The second-order valence-electron chi connectivity index (χ2n) is 4.00. The SMILES string of the molecule is NC(=O)c1cnc(NCCc2ccc(O)cc2)nc1. The monoisotopic (exact) mass is 258 g/mol. The van der Waals surface area contributed by atoms with Gasteiger partial charge in [0.15, 0.2) is 0 Å². The molecule has 6 nitrogen and oxygen atoms in total. The summed E-state index contributed by atoms with van der Waals surface area (Å²) in [6.07, 6.45) is 3.55. The van der Waals surface area contributed by atoms with E-state index in [0.717, 1.165) is 12.0 Å². The molecule has 1 amide bonds. The standard InChI is InChI=1S/C13H14N4O2/c14-12(19)10-7-16-13(17-8-10)15-6-5-9-1-3-11(18)4-2-9/h1-4,7-8,18H,5-6H2,(H2,14,19)(H,15,16,17). The molecule has 0 aliphatic rings. The first-order valence-corrected chi connectivity index (χ1v) is 5.79. The summed E-state index contributed by atoms with van der Waals surface area (Å²) in [5.41, 5.74) is 6.47. The van der Waals surface area contributed by atoms with Gasteiger partial charge in [0.05, 0.1) is 5.56 Å². The van der Waals surface area contributed by atoms with Gasteiger partial charge < -0.3 is 16.2 Å². The minimum atomic E-state index is -0.546. The van der Waals surface area contributed by atoms with E-state index >= 15 is 0 Å². The number of hydrogen-bond acceptors (Lipinski definition) is 5. The molecule has 1 aromatic carbocycles. The number of rotatable bonds is 5. The molecule has 0 saturated carbocycles. The number of primary amides is 1. The Hall–Kier alpha value is -2.63. The van der Waals surface area contributed by atoms with Crippen molar-refractivity contribution in [3.63, 3.8) is 0 Å². The van der Waals surface area contributed by atoms with Gasteiger partial charge in [0, 0.05) is 18.9 Å². The van der Waals surface area contributed by atoms with E-state index in [-0.39, 0.29) is 11.3 Å². The lowest BCUT2D eigenvalue weighted by Gasteiger charge is -2.05. The number of carbonyl (C=O) groups is 1. The number of carbonyl (C=O) groups excluding carboxylic acids is 1. The van der Waals surface area contributed by atoms with E-state index in [4.69, 9.17) is 10.8 Å². The lowest BCUT2D eigenvalue weighted by Crippen LogP contribution is -2.13. The number of aromatic hydroxyl groups is 1. The lowest BCUT2D eigenvalue weighted by molar-refractivity contribution is 0.0999. The molecule has 0 saturated heterocycles. The Morgan fingerprint density at radius 2 is 1.84 bits per heavy atom. The van der Waals surface area contributed by atoms with Gasteiger partial charge >= 0.3 is 0 Å². The molecule has 2 aromatic rings. The van der Waals surface area contributed by atoms with Gasteiger partial charge in [0.1, 0.15) is 5.75 Å². The number of aromatic nitrogens is 2. The third-order valence-electron chi connectivity index (χ3n) is 2.57. The van der Waals surface area contributed by atoms with Gasteiger partial charge in [0.25, 0.3) is 5.91 Å². The van der Waals surface area contributed by atoms with E-state index in [1.165, 1.54) is 12.4 Å². The van der Waals surface area contributed by atoms with E-state index in [1.54, 1.807) is 12.1 Å². The van der Waals surface area contributed by atoms with Crippen LogP contribution in [0.5, 0.6) is 5.75 Å². The minimum absolute atomic E-state index is 0.252. The summed E-state index contributed by atoms with van der Waals surface area (Å²) >= 11 is 0. The molecule has 6 heteroatoms. The number of phenolic OH excluding ortho intramolecular Hbond substituents is 1. The van der Waals surface area contributed by atoms with Crippen molar-refractivity contribution in [1.82, 2.24) is 9.97 Å². The van der Waals surface area contributed by atoms with E-state index in [1.807, 2.05) is 12.1 Å². The molecular weight excluding hydrogens is 244 g/mol. The van der Waals surface area contributed by atoms with Crippen LogP contribution in [0.3, 0.4) is 0 Å². The Labute approximate surface area is 110 Å². The van der Waals surface area contributed by atoms with Crippen molar-refractivity contribution in [3.05, 3.63) is 47.8 Å². The maximum atomic E-state index is 10.8. The van der Waals surface area contributed by atoms with Crippen LogP contribution in [-0.4, -0.2) is 27.5 Å². The summed E-state index contributed by atoms with van der Waals surface area (Å²) in [7, 11) is 0. The average molecular weight is 258 g/mol. The summed E-state index contributed by atoms with van der Waals surface area (Å²) in [6, 6.07) is 7.00. The fourth-order valence-electron chi connectivity index (χ4n) is 1.53. The minimum Gasteiger partial charge on any atom is -0.508 e. The van der Waals surface area contributed by atoms with E-state index in [0.29, 0.717) is 12.5 Å². The van der Waals surface area contributed by atoms with Crippen molar-refractivity contribution in [3.8, 4) is 5.75 Å². The molecule has 0 radical (unpaired) electrons. The number of nitrogens with two attached hydrogens (primary N) is 1. The van der Waals surface area contributed by atoms with Crippen LogP contribution in [0, 0.1) is 0 Å². The topological polar surface area (TPSA) is 101 Å². The van der Waals surface area contributed by atoms with Gasteiger partial charge in [-0.25, -0.2) is 9.97 Å². The second kappa shape index (κ2) is 5.81. The highest BCUT2D eigenvalue weighted by atomic mass is 16.3. The molecule has 0 spiro atoms. The van der Waals surface area contributed by atoms with Crippen molar-refractivity contribution in [1.29, 1.82) is 0 Å². The fraction of sp³-hybridized carbons (Fsp3) is 0.154. The van der Waals surface area contributed by atoms with Crippen LogP contribution < -0.4 is 11.1 Å². The maximum absolute atomic E-state index is 10.8. The molecule has 2 rings (SSSR count). The van der Waals surface area contributed by atoms with Crippen molar-refractivity contribution >= 4 is 11.9 Å². The van der Waals surface area contributed by atoms with E-state index in [9.17, 15) is 4.79 Å². The van der Waals surface area contributed by atoms with E-state index in [2.05, 4.69) is 15.3 Å². The number of hydrogen-bond donors (Lipinski definition) is 3. The van der Waals surface area contributed by atoms with Crippen molar-refractivity contribution in [2.45, 2.75) is 6.42 Å². The number of benzene rings is 1. The van der Waals surface area contributed by atoms with Crippen LogP contribution in [0.25, 0.3) is 0 Å². The number of nitrogens with one attached hydrogen (secondary N) is 1. The molecular formula is C13H14N4O2. The van der Waals surface area contributed by atoms with Gasteiger partial charge in [-0.05, 0) is 24.1 Å². The summed E-state index contributed by atoms with van der Waals surface area (Å²) in [4.78, 5) is 18.8. The van der Waals surface area contributed by atoms with Gasteiger partial charge in [-0.3, -0.25) is 4.79 Å². The molecule has 98 valence electrons. The quantitative estimate of drug-likeness (QED) is 0.740. The molecule has 0 fully saturated rings. The van der Waals surface area contributed by atoms with Crippen LogP contribution >= 0.6 is 0 Å². The zero-order valence-electron chi connectivity index (χ0n) is 10.2. The van der Waals surface area contributed by atoms with Gasteiger partial charge in [-0.15, -0.1) is 0 Å². The maximum Gasteiger partial charge on any atom is 0.251 e. The van der Waals surface area contributed by atoms with Crippen molar-refractivity contribution < 1.29 is 9.90 Å². The van der Waals surface area contributed by atoms with Gasteiger partial charge in [-0.2, -0.15) is 0 Å². The van der Waals surface area contributed by atoms with Crippen LogP contribution in [0.1, 0.15) is 15.9 Å². The smallest absolute Gasteiger partial charge is 0.251 e. The molecule has 1 aromatic heterocycles. The van der Waals surface area contributed by atoms with Crippen LogP contribution in [0.2, 0.25) is 0 Å². The Morgan fingerprint density at radius 3 is 2.42 bits per heavy atom. The first kappa shape index (κ1) is 12.8. The summed E-state index contributed by atoms with van der Waals surface area (Å²) in [6.45, 7) is 0.653. The van der Waals surface area contributed by atoms with E-state index < -0.39 is 5.91 Å². The number of nitrogens with zero attached hydrogens (tertiary/aromatic N) is 2. The number of phenols is 1. The first-order valence-electron chi connectivity index (χ1n) is 5.79. The highest BCUT2D eigenvalue weighted by Crippen LogP contribution is 2.10. The van der Waals surface area contributed by atoms with Crippen LogP contribution in [0.4, 0.5) is 5.95 Å². The molecule has 0 atom stereocenters. The molecule has 0 bridgehead atoms. The Bertz CT molecular complexity index is 552. The average Bonchev–Trinajstić information content (AvgIpc) is 2.41. The summed E-state index contributed by atoms with van der Waals surface area (Å²) < 4.78 is 0.